The molecule has 32 nitrogen and oxygen atoms in total. The van der Waals surface area contributed by atoms with Crippen LogP contribution in [0.1, 0.15) is 151 Å². The van der Waals surface area contributed by atoms with E-state index in [-0.39, 0.29) is 58.1 Å². The first-order valence-corrected chi connectivity index (χ1v) is 42.7. The van der Waals surface area contributed by atoms with E-state index in [4.69, 9.17) is 67.3 Å². The van der Waals surface area contributed by atoms with Crippen LogP contribution in [0.2, 0.25) is 0 Å². The molecule has 6 fully saturated rings. The summed E-state index contributed by atoms with van der Waals surface area (Å²) in [4.78, 5) is 108. The number of amides is 1. The third-order valence-corrected chi connectivity index (χ3v) is 24.1. The Labute approximate surface area is 729 Å². The third kappa shape index (κ3) is 17.3. The monoisotopic (exact) mass is 1760 g/mol. The molecule has 6 unspecified atom stereocenters. The number of rotatable bonds is 11. The van der Waals surface area contributed by atoms with Crippen LogP contribution < -0.4 is 26.8 Å². The Morgan fingerprint density at radius 1 is 0.488 bits per heavy atom. The van der Waals surface area contributed by atoms with Gasteiger partial charge in [-0.1, -0.05) is 109 Å². The second-order valence-electron chi connectivity index (χ2n) is 31.2. The van der Waals surface area contributed by atoms with Gasteiger partial charge in [-0.2, -0.15) is 39.0 Å². The van der Waals surface area contributed by atoms with Crippen molar-refractivity contribution in [3.63, 3.8) is 0 Å². The van der Waals surface area contributed by atoms with Gasteiger partial charge >= 0.3 is 28.5 Å². The van der Waals surface area contributed by atoms with Gasteiger partial charge in [0.2, 0.25) is 11.6 Å². The first kappa shape index (κ1) is 82.6. The molecule has 13 aromatic heterocycles. The standard InChI is InChI=1S/C30H25N9O2.C27H26N6O.C27H24N6O.C3H3N3O2.CH2Cl2.CH3F.Mn.2O/c40-24-10-11-31-29-25(24)26(19-12-20-7-8-21(13-19)38(20)30(41)27-33-16-34-37-27)36-28-22(15-35-39(28)29)18-6-9-23(32-14-18)17-4-2-1-3-5-17;2*34-23-10-11-28-27-24(23)25(18-12-19-7-8-20(13-18)31-19)32-26-21(15-30-33(26)27)17-6-9-22(29-14-17)16-4-2-1-3-5-16;7-3(8)2-4-1-5-6-2;2-1-3;1-2;;;/h1-6,9-11,14-16,19-21H,7-8,12-13H2,(H,31,40)(H,33,34,37);1-6,9,14-15,18-20,28,31H,7-8,10-13H2;1-6,9-11,14-15,18-20,31H,7-8,12-13H2,(H,28,34);1H,(H,7,8)(H,4,5,6);1H2;1H3;;;/i;;;;1D;;;;. The number of carbonyl (C=O) groups excluding carboxylic acids is 2. The number of hydrogen-bond donors (Lipinski definition) is 8. The van der Waals surface area contributed by atoms with Crippen molar-refractivity contribution in [1.82, 2.24) is 115 Å². The number of anilines is 1. The molecular weight excluding hydrogens is 1680 g/mol. The van der Waals surface area contributed by atoms with Crippen LogP contribution in [-0.4, -0.2) is 182 Å². The number of carbonyl (C=O) groups is 3. The fraction of sp³-hybridized carbons (Fsp3) is 0.281. The number of aromatic nitrogens is 20. The molecule has 6 saturated heterocycles. The van der Waals surface area contributed by atoms with Gasteiger partial charge in [0.05, 0.1) is 83.0 Å². The number of alkyl halides is 3. The van der Waals surface area contributed by atoms with E-state index in [0.29, 0.717) is 77.9 Å². The van der Waals surface area contributed by atoms with Crippen LogP contribution in [0.4, 0.5) is 10.2 Å². The molecule has 0 radical (unpaired) electrons. The predicted octanol–water partition coefficient (Wildman–Crippen LogP) is 14.0. The summed E-state index contributed by atoms with van der Waals surface area (Å²) in [5, 5.41) is 45.2. The number of aromatic amines is 4. The van der Waals surface area contributed by atoms with Crippen LogP contribution in [0.5, 0.6) is 0 Å². The third-order valence-electron chi connectivity index (χ3n) is 24.1. The molecule has 635 valence electrons. The van der Waals surface area contributed by atoms with E-state index in [1.165, 1.54) is 38.1 Å². The van der Waals surface area contributed by atoms with E-state index in [0.717, 1.165) is 165 Å². The topological polar surface area (TPSA) is 423 Å². The molecule has 6 bridgehead atoms. The summed E-state index contributed by atoms with van der Waals surface area (Å²) in [6.07, 6.45) is 29.6. The Balaban J connectivity index is 0.000000122. The van der Waals surface area contributed by atoms with Crippen LogP contribution in [-0.2, 0) is 22.5 Å². The van der Waals surface area contributed by atoms with Crippen LogP contribution in [0, 0.1) is 0 Å². The average Bonchev–Trinajstić information content (AvgIpc) is 1.53. The van der Waals surface area contributed by atoms with E-state index in [2.05, 4.69) is 108 Å². The van der Waals surface area contributed by atoms with Gasteiger partial charge in [0.1, 0.15) is 29.8 Å². The summed E-state index contributed by atoms with van der Waals surface area (Å²) < 4.78 is 37.7. The number of aromatic carboxylic acids is 1. The number of H-pyrrole nitrogens is 4. The van der Waals surface area contributed by atoms with Crippen LogP contribution in [0.15, 0.2) is 211 Å². The minimum atomic E-state index is -1.44. The molecule has 125 heavy (non-hydrogen) atoms. The van der Waals surface area contributed by atoms with Gasteiger partial charge in [-0.3, -0.25) is 48.7 Å². The number of fused-ring (bicyclic) bond motifs is 15. The molecule has 6 atom stereocenters. The van der Waals surface area contributed by atoms with Gasteiger partial charge < -0.3 is 35.9 Å². The summed E-state index contributed by atoms with van der Waals surface area (Å²) in [7, 11) is 0.500. The van der Waals surface area contributed by atoms with Crippen molar-refractivity contribution in [2.75, 3.05) is 24.4 Å². The van der Waals surface area contributed by atoms with Gasteiger partial charge in [0, 0.05) is 160 Å². The summed E-state index contributed by atoms with van der Waals surface area (Å²) in [6.45, 7) is 0.629. The normalized spacial score (nSPS) is 20.0. The molecule has 36 heteroatoms. The molecule has 7 aliphatic heterocycles. The number of carboxylic acids is 1. The van der Waals surface area contributed by atoms with Gasteiger partial charge in [-0.05, 0) is 95.2 Å². The Kier molecular flexibility index (Phi) is 24.9. The number of nitrogens with one attached hydrogen (secondary N) is 7. The Morgan fingerprint density at radius 2 is 0.872 bits per heavy atom. The minimum absolute atomic E-state index is 0.00467. The maximum atomic E-state index is 13.2. The van der Waals surface area contributed by atoms with Crippen LogP contribution in [0.3, 0.4) is 0 Å². The summed E-state index contributed by atoms with van der Waals surface area (Å²) >= 11 is 7.98. The second kappa shape index (κ2) is 37.8. The molecule has 20 heterocycles. The molecule has 16 aromatic rings. The van der Waals surface area contributed by atoms with Gasteiger partial charge in [0.25, 0.3) is 5.91 Å². The van der Waals surface area contributed by atoms with Crippen molar-refractivity contribution in [2.45, 2.75) is 137 Å². The van der Waals surface area contributed by atoms with Crippen LogP contribution >= 0.6 is 23.2 Å². The van der Waals surface area contributed by atoms with Crippen molar-refractivity contribution in [1.29, 1.82) is 0 Å². The number of benzene rings is 3. The van der Waals surface area contributed by atoms with Gasteiger partial charge in [-0.25, -0.2) is 29.7 Å². The number of piperidine rings is 3. The van der Waals surface area contributed by atoms with E-state index < -0.39 is 26.1 Å². The molecule has 0 saturated carbocycles. The molecule has 3 aromatic carbocycles. The molecule has 7 aliphatic rings. The number of Topliss-reactive ketones (excluding diaryl/α,β-unsaturated/α-hetero) is 1. The predicted molar refractivity (Wildman–Crippen MR) is 462 cm³/mol. The van der Waals surface area contributed by atoms with Crippen molar-refractivity contribution in [3.8, 4) is 67.2 Å². The molecule has 1 amide bonds. The van der Waals surface area contributed by atoms with Crippen molar-refractivity contribution in [3.05, 3.63) is 256 Å². The van der Waals surface area contributed by atoms with Crippen molar-refractivity contribution in [2.24, 2.45) is 0 Å². The fourth-order valence-electron chi connectivity index (χ4n) is 18.7. The summed E-state index contributed by atoms with van der Waals surface area (Å²) in [6, 6.07) is 47.9. The summed E-state index contributed by atoms with van der Waals surface area (Å²) in [5.74, 6) is 0.453. The number of ketones is 1. The number of nitrogens with zero attached hydrogens (tertiary/aromatic N) is 17. The second-order valence-corrected chi connectivity index (χ2v) is 32.1. The maximum absolute atomic E-state index is 13.2. The Morgan fingerprint density at radius 3 is 1.26 bits per heavy atom. The summed E-state index contributed by atoms with van der Waals surface area (Å²) in [5.41, 5.74) is 18.3. The number of halogens is 3. The first-order chi connectivity index (χ1) is 61.6. The molecule has 0 spiro atoms. The van der Waals surface area contributed by atoms with E-state index in [1.54, 1.807) is 33.7 Å². The van der Waals surface area contributed by atoms with E-state index >= 15 is 0 Å². The SMILES string of the molecule is CF.O=C(O)c1ncn[nH]1.O=C(c1ncn[nH]1)N1C2CCC1CC(c1nc3c(-c4ccc(-c5ccccc5)nc4)cnn3c3[nH]ccc(=O)c13)C2.O=C1CCNc2c1c(C1CC3CCC(C1)N3)nc1c(-c3ccc(-c4ccccc4)nc3)cnn21.O=c1cc[nH]c2c1c(C1CC3CCC(C1)N3)nc1c(-c3ccc(-c4ccccc4)nc3)cnn12.[2H]C(Cl)Cl.[O]=[Mn]=[O]. The zero-order valence-corrected chi connectivity index (χ0v) is 69.8. The quantitative estimate of drug-likeness (QED) is 0.0440. The molecule has 8 N–H and O–H groups in total. The molecular formula is C89H83Cl2FMnN24O8. The Bertz CT molecular complexity index is 6710. The van der Waals surface area contributed by atoms with Crippen LogP contribution in [0.25, 0.3) is 106 Å². The molecule has 23 rings (SSSR count). The van der Waals surface area contributed by atoms with Gasteiger partial charge in [-0.15, -0.1) is 23.2 Å². The number of hydrogen-bond acceptors (Lipinski definition) is 23. The first-order valence-electron chi connectivity index (χ1n) is 41.5. The average molecular weight is 1760 g/mol. The van der Waals surface area contributed by atoms with Crippen molar-refractivity contribution >= 4 is 85.7 Å². The number of pyridine rings is 5. The van der Waals surface area contributed by atoms with E-state index in [1.807, 2.05) is 131 Å². The van der Waals surface area contributed by atoms with Gasteiger partial charge in [0.15, 0.2) is 33.6 Å². The number of carboxylic acid groups (broad SMARTS) is 1. The molecule has 0 aliphatic carbocycles. The fourth-order valence-corrected chi connectivity index (χ4v) is 18.7. The van der Waals surface area contributed by atoms with E-state index in [9.17, 15) is 28.4 Å². The zero-order chi connectivity index (χ0) is 87.1. The van der Waals surface area contributed by atoms with Crippen molar-refractivity contribution < 1.29 is 47.7 Å². The zero-order valence-electron chi connectivity index (χ0n) is 68.1. The Hall–Kier alpha value is -13.4.